The van der Waals surface area contributed by atoms with Gasteiger partial charge >= 0.3 is 0 Å². The third-order valence-electron chi connectivity index (χ3n) is 3.05. The third-order valence-corrected chi connectivity index (χ3v) is 5.40. The van der Waals surface area contributed by atoms with E-state index in [-0.39, 0.29) is 11.8 Å². The summed E-state index contributed by atoms with van der Waals surface area (Å²) >= 11 is 0. The Morgan fingerprint density at radius 1 is 1.31 bits per heavy atom. The predicted molar refractivity (Wildman–Crippen MR) is 63.3 cm³/mol. The Hall–Kier alpha value is -0.600. The van der Waals surface area contributed by atoms with Crippen molar-refractivity contribution in [2.45, 2.75) is 50.7 Å². The molecule has 0 amide bonds. The molecule has 0 unspecified atom stereocenters. The highest BCUT2D eigenvalue weighted by molar-refractivity contribution is 7.89. The summed E-state index contributed by atoms with van der Waals surface area (Å²) < 4.78 is 25.8. The zero-order chi connectivity index (χ0) is 12.0. The van der Waals surface area contributed by atoms with Gasteiger partial charge in [0.1, 0.15) is 6.54 Å². The lowest BCUT2D eigenvalue weighted by Crippen LogP contribution is -2.40. The van der Waals surface area contributed by atoms with Gasteiger partial charge in [-0.15, -0.1) is 0 Å². The molecule has 5 heteroatoms. The van der Waals surface area contributed by atoms with Crippen molar-refractivity contribution in [2.24, 2.45) is 0 Å². The lowest BCUT2D eigenvalue weighted by Gasteiger charge is -2.27. The molecule has 1 fully saturated rings. The number of hydrogen-bond donors (Lipinski definition) is 0. The molecule has 1 aliphatic rings. The molecule has 92 valence electrons. The normalized spacial score (nSPS) is 18.6. The van der Waals surface area contributed by atoms with Crippen molar-refractivity contribution in [3.05, 3.63) is 0 Å². The average Bonchev–Trinajstić information content (AvgIpc) is 2.30. The van der Waals surface area contributed by atoms with E-state index in [1.165, 1.54) is 4.31 Å². The summed E-state index contributed by atoms with van der Waals surface area (Å²) in [4.78, 5) is 0. The topological polar surface area (TPSA) is 61.2 Å². The van der Waals surface area contributed by atoms with Gasteiger partial charge in [-0.1, -0.05) is 26.2 Å². The van der Waals surface area contributed by atoms with Gasteiger partial charge in [0, 0.05) is 6.54 Å². The van der Waals surface area contributed by atoms with Gasteiger partial charge in [0.25, 0.3) is 0 Å². The first kappa shape index (κ1) is 13.5. The molecule has 0 saturated heterocycles. The van der Waals surface area contributed by atoms with Gasteiger partial charge < -0.3 is 0 Å². The highest BCUT2D eigenvalue weighted by Gasteiger charge is 2.32. The van der Waals surface area contributed by atoms with Gasteiger partial charge in [-0.25, -0.2) is 8.42 Å². The molecule has 1 saturated carbocycles. The minimum atomic E-state index is -3.24. The van der Waals surface area contributed by atoms with Crippen LogP contribution in [0.3, 0.4) is 0 Å². The van der Waals surface area contributed by atoms with Crippen LogP contribution in [-0.2, 0) is 10.0 Å². The molecule has 0 aliphatic heterocycles. The molecule has 1 aliphatic carbocycles. The predicted octanol–water partition coefficient (Wildman–Crippen LogP) is 1.88. The van der Waals surface area contributed by atoms with E-state index in [1.54, 1.807) is 0 Å². The summed E-state index contributed by atoms with van der Waals surface area (Å²) in [7, 11) is -3.24. The van der Waals surface area contributed by atoms with Crippen molar-refractivity contribution in [1.29, 1.82) is 5.26 Å². The Kier molecular flexibility index (Phi) is 5.23. The second kappa shape index (κ2) is 6.21. The Morgan fingerprint density at radius 2 is 1.94 bits per heavy atom. The number of hydrogen-bond acceptors (Lipinski definition) is 3. The molecule has 1 rings (SSSR count). The largest absolute Gasteiger partial charge is 0.217 e. The summed E-state index contributed by atoms with van der Waals surface area (Å²) in [6.45, 7) is 2.39. The standard InChI is InChI=1S/C11H20N2O2S/c1-2-9-13(10-8-12)16(14,15)11-6-4-3-5-7-11/h11H,2-7,9-10H2,1H3. The summed E-state index contributed by atoms with van der Waals surface area (Å²) in [5.41, 5.74) is 0. The first-order valence-electron chi connectivity index (χ1n) is 5.98. The lowest BCUT2D eigenvalue weighted by molar-refractivity contribution is 0.409. The smallest absolute Gasteiger partial charge is 0.212 e. The van der Waals surface area contributed by atoms with Gasteiger partial charge in [0.05, 0.1) is 11.3 Å². The van der Waals surface area contributed by atoms with E-state index >= 15 is 0 Å². The highest BCUT2D eigenvalue weighted by Crippen LogP contribution is 2.26. The van der Waals surface area contributed by atoms with Crippen LogP contribution in [0.4, 0.5) is 0 Å². The molecule has 16 heavy (non-hydrogen) atoms. The molecule has 0 aromatic rings. The van der Waals surface area contributed by atoms with E-state index in [0.717, 1.165) is 38.5 Å². The summed E-state index contributed by atoms with van der Waals surface area (Å²) in [6, 6.07) is 1.94. The lowest BCUT2D eigenvalue weighted by atomic mass is 10.0. The fourth-order valence-electron chi connectivity index (χ4n) is 2.20. The van der Waals surface area contributed by atoms with Crippen molar-refractivity contribution < 1.29 is 8.42 Å². The molecule has 0 heterocycles. The van der Waals surface area contributed by atoms with Crippen LogP contribution in [0.25, 0.3) is 0 Å². The zero-order valence-corrected chi connectivity index (χ0v) is 10.7. The second-order valence-corrected chi connectivity index (χ2v) is 6.51. The maximum absolute atomic E-state index is 12.2. The fourth-order valence-corrected chi connectivity index (χ4v) is 4.22. The van der Waals surface area contributed by atoms with E-state index in [9.17, 15) is 8.42 Å². The number of nitrogens with zero attached hydrogens (tertiary/aromatic N) is 2. The second-order valence-electron chi connectivity index (χ2n) is 4.30. The van der Waals surface area contributed by atoms with Gasteiger partial charge in [-0.3, -0.25) is 0 Å². The summed E-state index contributed by atoms with van der Waals surface area (Å²) in [6.07, 6.45) is 5.40. The zero-order valence-electron chi connectivity index (χ0n) is 9.85. The fraction of sp³-hybridized carbons (Fsp3) is 0.909. The first-order valence-corrected chi connectivity index (χ1v) is 7.49. The van der Waals surface area contributed by atoms with Gasteiger partial charge in [0.2, 0.25) is 10.0 Å². The minimum absolute atomic E-state index is 0.00727. The summed E-state index contributed by atoms with van der Waals surface area (Å²) in [5.74, 6) is 0. The Balaban J connectivity index is 2.75. The third kappa shape index (κ3) is 3.19. The van der Waals surface area contributed by atoms with Crippen LogP contribution in [0.5, 0.6) is 0 Å². The van der Waals surface area contributed by atoms with Gasteiger partial charge in [0.15, 0.2) is 0 Å². The van der Waals surface area contributed by atoms with E-state index in [1.807, 2.05) is 13.0 Å². The van der Waals surface area contributed by atoms with Crippen molar-refractivity contribution in [3.63, 3.8) is 0 Å². The Morgan fingerprint density at radius 3 is 2.44 bits per heavy atom. The molecule has 0 radical (unpaired) electrons. The van der Waals surface area contributed by atoms with Gasteiger partial charge in [-0.2, -0.15) is 9.57 Å². The van der Waals surface area contributed by atoms with Crippen molar-refractivity contribution >= 4 is 10.0 Å². The van der Waals surface area contributed by atoms with E-state index < -0.39 is 10.0 Å². The number of rotatable bonds is 5. The van der Waals surface area contributed by atoms with E-state index in [4.69, 9.17) is 5.26 Å². The quantitative estimate of drug-likeness (QED) is 0.694. The van der Waals surface area contributed by atoms with Crippen LogP contribution < -0.4 is 0 Å². The number of nitriles is 1. The average molecular weight is 244 g/mol. The molecule has 0 atom stereocenters. The molecule has 0 spiro atoms. The number of sulfonamides is 1. The minimum Gasteiger partial charge on any atom is -0.212 e. The monoisotopic (exact) mass is 244 g/mol. The Labute approximate surface area is 98.3 Å². The summed E-state index contributed by atoms with van der Waals surface area (Å²) in [5, 5.41) is 8.42. The molecule has 0 bridgehead atoms. The van der Waals surface area contributed by atoms with Crippen LogP contribution in [0.1, 0.15) is 45.4 Å². The van der Waals surface area contributed by atoms with Crippen LogP contribution in [0.2, 0.25) is 0 Å². The van der Waals surface area contributed by atoms with Crippen LogP contribution in [0.15, 0.2) is 0 Å². The Bertz CT molecular complexity index is 339. The maximum atomic E-state index is 12.2. The molecule has 0 aromatic carbocycles. The molecular formula is C11H20N2O2S. The maximum Gasteiger partial charge on any atom is 0.217 e. The molecule has 4 nitrogen and oxygen atoms in total. The van der Waals surface area contributed by atoms with E-state index in [2.05, 4.69) is 0 Å². The van der Waals surface area contributed by atoms with Crippen LogP contribution in [0, 0.1) is 11.3 Å². The molecule has 0 aromatic heterocycles. The van der Waals surface area contributed by atoms with Crippen molar-refractivity contribution in [2.75, 3.05) is 13.1 Å². The van der Waals surface area contributed by atoms with Crippen LogP contribution >= 0.6 is 0 Å². The van der Waals surface area contributed by atoms with Gasteiger partial charge in [-0.05, 0) is 19.3 Å². The van der Waals surface area contributed by atoms with E-state index in [0.29, 0.717) is 6.54 Å². The molecular weight excluding hydrogens is 224 g/mol. The molecule has 0 N–H and O–H groups in total. The highest BCUT2D eigenvalue weighted by atomic mass is 32.2. The SMILES string of the molecule is CCCN(CC#N)S(=O)(=O)C1CCCCC1. The van der Waals surface area contributed by atoms with Crippen molar-refractivity contribution in [1.82, 2.24) is 4.31 Å². The van der Waals surface area contributed by atoms with Crippen molar-refractivity contribution in [3.8, 4) is 6.07 Å². The van der Waals surface area contributed by atoms with Crippen LogP contribution in [-0.4, -0.2) is 31.1 Å². The first-order chi connectivity index (χ1) is 7.62.